The van der Waals surface area contributed by atoms with Crippen molar-refractivity contribution in [2.24, 2.45) is 0 Å². The van der Waals surface area contributed by atoms with Crippen molar-refractivity contribution in [2.45, 2.75) is 0 Å². The van der Waals surface area contributed by atoms with Gasteiger partial charge in [-0.25, -0.2) is 0 Å². The van der Waals surface area contributed by atoms with Crippen molar-refractivity contribution in [3.05, 3.63) is 39.5 Å². The molecule has 0 aliphatic rings. The van der Waals surface area contributed by atoms with Crippen molar-refractivity contribution in [2.75, 3.05) is 14.1 Å². The fraction of sp³-hybridized carbons (Fsp3) is 0.222. The van der Waals surface area contributed by atoms with Gasteiger partial charge in [-0.15, -0.1) is 0 Å². The summed E-state index contributed by atoms with van der Waals surface area (Å²) in [4.78, 5) is 15.5. The molecule has 0 unspecified atom stereocenters. The minimum Gasteiger partial charge on any atom is -0.377 e. The minimum absolute atomic E-state index is 0.238. The maximum Gasteiger partial charge on any atom is 0.372 e. The number of pyridine rings is 1. The monoisotopic (exact) mass is 227 g/mol. The summed E-state index contributed by atoms with van der Waals surface area (Å²) in [6.45, 7) is 3.73. The van der Waals surface area contributed by atoms with Gasteiger partial charge in [0.15, 0.2) is 6.20 Å². The highest BCUT2D eigenvalue weighted by atomic mass is 35.5. The molecule has 0 saturated heterocycles. The average molecular weight is 228 g/mol. The fourth-order valence-electron chi connectivity index (χ4n) is 1.03. The molecular formula is C9H10ClN3O2. The molecule has 1 aromatic rings. The van der Waals surface area contributed by atoms with Gasteiger partial charge >= 0.3 is 5.82 Å². The van der Waals surface area contributed by atoms with Crippen molar-refractivity contribution in [1.29, 1.82) is 0 Å². The molecule has 0 N–H and O–H groups in total. The third-order valence-corrected chi connectivity index (χ3v) is 2.06. The zero-order valence-electron chi connectivity index (χ0n) is 8.40. The van der Waals surface area contributed by atoms with Crippen LogP contribution >= 0.6 is 11.6 Å². The van der Waals surface area contributed by atoms with E-state index in [-0.39, 0.29) is 5.82 Å². The number of hydrogen-bond acceptors (Lipinski definition) is 4. The van der Waals surface area contributed by atoms with Crippen LogP contribution in [0.4, 0.5) is 5.82 Å². The maximum atomic E-state index is 10.7. The standard InChI is InChI=1S/C9H10ClN3O2/c1-6(12(2)3)8-4-7(10)5-11-9(8)13(14)15/h4-5H,1H2,2-3H3. The summed E-state index contributed by atoms with van der Waals surface area (Å²) in [6.07, 6.45) is 1.24. The van der Waals surface area contributed by atoms with E-state index < -0.39 is 4.92 Å². The number of hydrogen-bond donors (Lipinski definition) is 0. The lowest BCUT2D eigenvalue weighted by Gasteiger charge is -2.15. The molecule has 80 valence electrons. The quantitative estimate of drug-likeness (QED) is 0.587. The van der Waals surface area contributed by atoms with Gasteiger partial charge in [0.05, 0.1) is 10.6 Å². The molecule has 6 heteroatoms. The van der Waals surface area contributed by atoms with Gasteiger partial charge in [-0.05, 0) is 16.0 Å². The van der Waals surface area contributed by atoms with Crippen LogP contribution in [0.5, 0.6) is 0 Å². The SMILES string of the molecule is C=C(c1cc(Cl)cnc1[N+](=O)[O-])N(C)C. The van der Waals surface area contributed by atoms with Gasteiger partial charge in [-0.3, -0.25) is 0 Å². The molecule has 0 radical (unpaired) electrons. The molecule has 0 fully saturated rings. The molecule has 1 heterocycles. The number of nitro groups is 1. The Hall–Kier alpha value is -1.62. The van der Waals surface area contributed by atoms with E-state index in [1.54, 1.807) is 19.0 Å². The van der Waals surface area contributed by atoms with Gasteiger partial charge in [0.25, 0.3) is 0 Å². The molecule has 0 amide bonds. The van der Waals surface area contributed by atoms with E-state index in [4.69, 9.17) is 11.6 Å². The molecule has 0 spiro atoms. The topological polar surface area (TPSA) is 59.3 Å². The third kappa shape index (κ3) is 2.44. The van der Waals surface area contributed by atoms with Crippen molar-refractivity contribution in [3.63, 3.8) is 0 Å². The average Bonchev–Trinajstić information content (AvgIpc) is 2.15. The lowest BCUT2D eigenvalue weighted by molar-refractivity contribution is -0.389. The lowest BCUT2D eigenvalue weighted by Crippen LogP contribution is -2.11. The molecule has 1 aromatic heterocycles. The highest BCUT2D eigenvalue weighted by Crippen LogP contribution is 2.26. The van der Waals surface area contributed by atoms with Crippen molar-refractivity contribution < 1.29 is 4.92 Å². The van der Waals surface area contributed by atoms with Crippen molar-refractivity contribution in [3.8, 4) is 0 Å². The molecule has 0 aromatic carbocycles. The normalized spacial score (nSPS) is 9.80. The molecule has 0 aliphatic heterocycles. The van der Waals surface area contributed by atoms with Crippen LogP contribution in [0, 0.1) is 10.1 Å². The Morgan fingerprint density at radius 2 is 2.27 bits per heavy atom. The Kier molecular flexibility index (Phi) is 3.26. The van der Waals surface area contributed by atoms with Crippen LogP contribution < -0.4 is 0 Å². The zero-order chi connectivity index (χ0) is 11.6. The van der Waals surface area contributed by atoms with Crippen LogP contribution in [0.1, 0.15) is 5.56 Å². The van der Waals surface area contributed by atoms with Gasteiger partial charge < -0.3 is 15.0 Å². The summed E-state index contributed by atoms with van der Waals surface area (Å²) in [5.41, 5.74) is 0.828. The van der Waals surface area contributed by atoms with E-state index in [9.17, 15) is 10.1 Å². The van der Waals surface area contributed by atoms with Gasteiger partial charge in [0.1, 0.15) is 0 Å². The third-order valence-electron chi connectivity index (χ3n) is 1.86. The van der Waals surface area contributed by atoms with Gasteiger partial charge in [-0.2, -0.15) is 0 Å². The predicted molar refractivity (Wildman–Crippen MR) is 58.6 cm³/mol. The van der Waals surface area contributed by atoms with Crippen LogP contribution in [0.25, 0.3) is 5.70 Å². The highest BCUT2D eigenvalue weighted by molar-refractivity contribution is 6.30. The molecule has 0 atom stereocenters. The zero-order valence-corrected chi connectivity index (χ0v) is 9.15. The van der Waals surface area contributed by atoms with Crippen LogP contribution in [0.15, 0.2) is 18.8 Å². The van der Waals surface area contributed by atoms with E-state index in [1.165, 1.54) is 12.3 Å². The first-order valence-electron chi connectivity index (χ1n) is 4.10. The Labute approximate surface area is 92.1 Å². The van der Waals surface area contributed by atoms with E-state index in [0.717, 1.165) is 0 Å². The first kappa shape index (κ1) is 11.5. The Bertz CT molecular complexity index is 418. The maximum absolute atomic E-state index is 10.7. The minimum atomic E-state index is -0.555. The van der Waals surface area contributed by atoms with Gasteiger partial charge in [0.2, 0.25) is 0 Å². The molecule has 0 saturated carbocycles. The van der Waals surface area contributed by atoms with E-state index in [1.807, 2.05) is 0 Å². The van der Waals surface area contributed by atoms with Crippen LogP contribution in [0.3, 0.4) is 0 Å². The van der Waals surface area contributed by atoms with E-state index >= 15 is 0 Å². The van der Waals surface area contributed by atoms with E-state index in [0.29, 0.717) is 16.3 Å². The van der Waals surface area contributed by atoms with Gasteiger partial charge in [-0.1, -0.05) is 18.2 Å². The van der Waals surface area contributed by atoms with Gasteiger partial charge in [0, 0.05) is 19.8 Å². The second-order valence-electron chi connectivity index (χ2n) is 3.12. The first-order valence-corrected chi connectivity index (χ1v) is 4.48. The number of rotatable bonds is 3. The van der Waals surface area contributed by atoms with Crippen molar-refractivity contribution in [1.82, 2.24) is 9.88 Å². The number of nitrogens with zero attached hydrogens (tertiary/aromatic N) is 3. The van der Waals surface area contributed by atoms with E-state index in [2.05, 4.69) is 11.6 Å². The van der Waals surface area contributed by atoms with Crippen LogP contribution in [-0.4, -0.2) is 28.9 Å². The smallest absolute Gasteiger partial charge is 0.372 e. The highest BCUT2D eigenvalue weighted by Gasteiger charge is 2.19. The second kappa shape index (κ2) is 4.27. The summed E-state index contributed by atoms with van der Waals surface area (Å²) >= 11 is 5.73. The summed E-state index contributed by atoms with van der Waals surface area (Å²) in [6, 6.07) is 1.48. The molecule has 0 bridgehead atoms. The van der Waals surface area contributed by atoms with Crippen LogP contribution in [-0.2, 0) is 0 Å². The summed E-state index contributed by atoms with van der Waals surface area (Å²) in [5, 5.41) is 11.0. The summed E-state index contributed by atoms with van der Waals surface area (Å²) in [5.74, 6) is -0.238. The molecule has 0 aliphatic carbocycles. The lowest BCUT2D eigenvalue weighted by atomic mass is 10.2. The summed E-state index contributed by atoms with van der Waals surface area (Å²) in [7, 11) is 3.49. The Morgan fingerprint density at radius 3 is 2.73 bits per heavy atom. The largest absolute Gasteiger partial charge is 0.377 e. The first-order chi connectivity index (χ1) is 6.93. The summed E-state index contributed by atoms with van der Waals surface area (Å²) < 4.78 is 0. The Morgan fingerprint density at radius 1 is 1.67 bits per heavy atom. The van der Waals surface area contributed by atoms with Crippen LogP contribution in [0.2, 0.25) is 5.02 Å². The predicted octanol–water partition coefficient (Wildman–Crippen LogP) is 2.18. The number of halogens is 1. The fourth-order valence-corrected chi connectivity index (χ4v) is 1.19. The number of aromatic nitrogens is 1. The molecular weight excluding hydrogens is 218 g/mol. The van der Waals surface area contributed by atoms with Crippen molar-refractivity contribution >= 4 is 23.1 Å². The molecule has 5 nitrogen and oxygen atoms in total. The second-order valence-corrected chi connectivity index (χ2v) is 3.56. The molecule has 1 rings (SSSR count). The molecule has 15 heavy (non-hydrogen) atoms. The Balaban J connectivity index is 3.30.